The quantitative estimate of drug-likeness (QED) is 0.442. The van der Waals surface area contributed by atoms with Gasteiger partial charge in [0.2, 0.25) is 11.8 Å². The summed E-state index contributed by atoms with van der Waals surface area (Å²) in [6.45, 7) is 2.85. The largest absolute Gasteiger partial charge is 0.462 e. The minimum Gasteiger partial charge on any atom is -0.462 e. The minimum absolute atomic E-state index is 0.0707. The Labute approximate surface area is 184 Å². The third-order valence-corrected chi connectivity index (χ3v) is 5.53. The molecule has 0 spiro atoms. The highest BCUT2D eigenvalue weighted by Gasteiger charge is 2.35. The number of nitrogens with one attached hydrogen (secondary N) is 1. The van der Waals surface area contributed by atoms with Crippen molar-refractivity contribution < 1.29 is 19.1 Å². The number of hydrogen-bond acceptors (Lipinski definition) is 4. The molecular formula is C23H25BrN2O4. The maximum atomic E-state index is 12.6. The third kappa shape index (κ3) is 5.69. The van der Waals surface area contributed by atoms with Gasteiger partial charge >= 0.3 is 5.97 Å². The monoisotopic (exact) mass is 472 g/mol. The lowest BCUT2D eigenvalue weighted by Gasteiger charge is -2.17. The van der Waals surface area contributed by atoms with Crippen molar-refractivity contribution in [1.29, 1.82) is 0 Å². The van der Waals surface area contributed by atoms with Crippen LogP contribution in [0, 0.1) is 5.92 Å². The molecule has 2 aromatic rings. The summed E-state index contributed by atoms with van der Waals surface area (Å²) >= 11 is 3.38. The van der Waals surface area contributed by atoms with Gasteiger partial charge in [-0.3, -0.25) is 9.59 Å². The number of hydrogen-bond donors (Lipinski definition) is 1. The van der Waals surface area contributed by atoms with E-state index in [1.54, 1.807) is 29.2 Å². The second kappa shape index (κ2) is 10.4. The summed E-state index contributed by atoms with van der Waals surface area (Å²) in [6, 6.07) is 14.0. The molecule has 0 radical (unpaired) electrons. The summed E-state index contributed by atoms with van der Waals surface area (Å²) in [4.78, 5) is 38.6. The van der Waals surface area contributed by atoms with E-state index in [1.807, 2.05) is 24.3 Å². The van der Waals surface area contributed by atoms with Gasteiger partial charge in [-0.1, -0.05) is 35.7 Å². The first-order valence-electron chi connectivity index (χ1n) is 10.1. The van der Waals surface area contributed by atoms with Gasteiger partial charge in [-0.05, 0) is 55.0 Å². The number of halogens is 1. The smallest absolute Gasteiger partial charge is 0.338 e. The van der Waals surface area contributed by atoms with E-state index in [9.17, 15) is 14.4 Å². The van der Waals surface area contributed by atoms with E-state index in [2.05, 4.69) is 28.2 Å². The number of esters is 1. The van der Waals surface area contributed by atoms with Crippen molar-refractivity contribution >= 4 is 45.1 Å². The molecule has 6 nitrogen and oxygen atoms in total. The van der Waals surface area contributed by atoms with E-state index >= 15 is 0 Å². The number of carbonyl (C=O) groups excluding carboxylic acids is 3. The zero-order chi connectivity index (χ0) is 21.5. The Morgan fingerprint density at radius 3 is 2.47 bits per heavy atom. The molecule has 2 amide bonds. The zero-order valence-corrected chi connectivity index (χ0v) is 18.5. The van der Waals surface area contributed by atoms with Crippen LogP contribution in [-0.2, 0) is 14.3 Å². The van der Waals surface area contributed by atoms with Crippen molar-refractivity contribution in [3.63, 3.8) is 0 Å². The Balaban J connectivity index is 1.54. The highest BCUT2D eigenvalue weighted by atomic mass is 79.9. The Morgan fingerprint density at radius 2 is 1.80 bits per heavy atom. The molecule has 1 aliphatic heterocycles. The van der Waals surface area contributed by atoms with Crippen LogP contribution in [0.2, 0.25) is 0 Å². The van der Waals surface area contributed by atoms with Crippen LogP contribution in [0.25, 0.3) is 0 Å². The van der Waals surface area contributed by atoms with Gasteiger partial charge < -0.3 is 15.0 Å². The second-order valence-electron chi connectivity index (χ2n) is 7.29. The molecule has 158 valence electrons. The molecule has 30 heavy (non-hydrogen) atoms. The summed E-state index contributed by atoms with van der Waals surface area (Å²) in [5, 5.41) is 2.83. The zero-order valence-electron chi connectivity index (χ0n) is 16.9. The van der Waals surface area contributed by atoms with Crippen molar-refractivity contribution in [3.05, 3.63) is 58.6 Å². The van der Waals surface area contributed by atoms with Crippen LogP contribution < -0.4 is 10.2 Å². The third-order valence-electron chi connectivity index (χ3n) is 5.00. The van der Waals surface area contributed by atoms with E-state index in [1.165, 1.54) is 0 Å². The summed E-state index contributed by atoms with van der Waals surface area (Å²) < 4.78 is 6.16. The van der Waals surface area contributed by atoms with Gasteiger partial charge in [0.1, 0.15) is 0 Å². The number of rotatable bonds is 8. The fourth-order valence-electron chi connectivity index (χ4n) is 3.29. The van der Waals surface area contributed by atoms with Crippen LogP contribution in [0.3, 0.4) is 0 Å². The number of nitrogens with zero attached hydrogens (tertiary/aromatic N) is 1. The normalized spacial score (nSPS) is 15.9. The van der Waals surface area contributed by atoms with E-state index < -0.39 is 5.92 Å². The number of anilines is 2. The Kier molecular flexibility index (Phi) is 7.63. The SMILES string of the molecule is CCCCCOC(=O)c1ccc(NC(=O)[C@@H]2CC(=O)N(c3ccc(Br)cc3)C2)cc1. The molecule has 1 heterocycles. The molecule has 0 unspecified atom stereocenters. The van der Waals surface area contributed by atoms with E-state index in [0.29, 0.717) is 24.4 Å². The molecule has 1 N–H and O–H groups in total. The molecule has 1 saturated heterocycles. The summed E-state index contributed by atoms with van der Waals surface area (Å²) in [7, 11) is 0. The average molecular weight is 473 g/mol. The number of amides is 2. The fraction of sp³-hybridized carbons (Fsp3) is 0.348. The fourth-order valence-corrected chi connectivity index (χ4v) is 3.55. The van der Waals surface area contributed by atoms with Crippen molar-refractivity contribution in [2.75, 3.05) is 23.4 Å². The molecule has 1 atom stereocenters. The Bertz CT molecular complexity index is 896. The number of benzene rings is 2. The number of unbranched alkanes of at least 4 members (excludes halogenated alkanes) is 2. The molecule has 1 aliphatic rings. The first kappa shape index (κ1) is 22.0. The van der Waals surface area contributed by atoms with Crippen LogP contribution in [0.15, 0.2) is 53.0 Å². The predicted octanol–water partition coefficient (Wildman–Crippen LogP) is 4.79. The van der Waals surface area contributed by atoms with E-state index in [0.717, 1.165) is 29.4 Å². The molecule has 3 rings (SSSR count). The molecule has 1 fully saturated rings. The van der Waals surface area contributed by atoms with Crippen molar-refractivity contribution in [3.8, 4) is 0 Å². The first-order valence-corrected chi connectivity index (χ1v) is 10.9. The summed E-state index contributed by atoms with van der Waals surface area (Å²) in [5.74, 6) is -1.07. The van der Waals surface area contributed by atoms with Gasteiger partial charge in [0.25, 0.3) is 0 Å². The standard InChI is InChI=1S/C23H25BrN2O4/c1-2-3-4-13-30-23(29)16-5-9-19(10-6-16)25-22(28)17-14-21(27)26(15-17)20-11-7-18(24)8-12-20/h5-12,17H,2-4,13-15H2,1H3,(H,25,28)/t17-/m1/s1. The highest BCUT2D eigenvalue weighted by molar-refractivity contribution is 9.10. The van der Waals surface area contributed by atoms with Gasteiger partial charge in [0.05, 0.1) is 18.1 Å². The van der Waals surface area contributed by atoms with Crippen LogP contribution in [0.5, 0.6) is 0 Å². The lowest BCUT2D eigenvalue weighted by molar-refractivity contribution is -0.122. The first-order chi connectivity index (χ1) is 14.5. The van der Waals surface area contributed by atoms with Crippen LogP contribution >= 0.6 is 15.9 Å². The lowest BCUT2D eigenvalue weighted by atomic mass is 10.1. The number of ether oxygens (including phenoxy) is 1. The van der Waals surface area contributed by atoms with Gasteiger partial charge in [-0.2, -0.15) is 0 Å². The highest BCUT2D eigenvalue weighted by Crippen LogP contribution is 2.27. The maximum absolute atomic E-state index is 12.6. The van der Waals surface area contributed by atoms with Crippen LogP contribution in [-0.4, -0.2) is 30.9 Å². The topological polar surface area (TPSA) is 75.7 Å². The molecule has 0 saturated carbocycles. The minimum atomic E-state index is -0.427. The summed E-state index contributed by atoms with van der Waals surface area (Å²) in [5.41, 5.74) is 1.80. The predicted molar refractivity (Wildman–Crippen MR) is 119 cm³/mol. The lowest BCUT2D eigenvalue weighted by Crippen LogP contribution is -2.28. The van der Waals surface area contributed by atoms with Crippen LogP contribution in [0.1, 0.15) is 43.0 Å². The Hall–Kier alpha value is -2.67. The van der Waals surface area contributed by atoms with Gasteiger partial charge in [0, 0.05) is 28.8 Å². The Morgan fingerprint density at radius 1 is 1.10 bits per heavy atom. The molecule has 0 aromatic heterocycles. The molecule has 7 heteroatoms. The van der Waals surface area contributed by atoms with Crippen molar-refractivity contribution in [2.24, 2.45) is 5.92 Å². The molecule has 2 aromatic carbocycles. The van der Waals surface area contributed by atoms with Crippen molar-refractivity contribution in [2.45, 2.75) is 32.6 Å². The second-order valence-corrected chi connectivity index (χ2v) is 8.21. The van der Waals surface area contributed by atoms with Gasteiger partial charge in [-0.15, -0.1) is 0 Å². The van der Waals surface area contributed by atoms with Crippen LogP contribution in [0.4, 0.5) is 11.4 Å². The molecule has 0 aliphatic carbocycles. The van der Waals surface area contributed by atoms with E-state index in [4.69, 9.17) is 4.74 Å². The van der Waals surface area contributed by atoms with Gasteiger partial charge in [-0.25, -0.2) is 4.79 Å². The average Bonchev–Trinajstić information content (AvgIpc) is 3.14. The molecule has 0 bridgehead atoms. The van der Waals surface area contributed by atoms with Gasteiger partial charge in [0.15, 0.2) is 0 Å². The maximum Gasteiger partial charge on any atom is 0.338 e. The van der Waals surface area contributed by atoms with Crippen molar-refractivity contribution in [1.82, 2.24) is 0 Å². The molecular weight excluding hydrogens is 448 g/mol. The number of carbonyl (C=O) groups is 3. The summed E-state index contributed by atoms with van der Waals surface area (Å²) in [6.07, 6.45) is 3.12. The van der Waals surface area contributed by atoms with E-state index in [-0.39, 0.29) is 24.2 Å².